The summed E-state index contributed by atoms with van der Waals surface area (Å²) in [6, 6.07) is 52.8. The molecule has 1 aliphatic carbocycles. The first kappa shape index (κ1) is 27.6. The summed E-state index contributed by atoms with van der Waals surface area (Å²) in [6.45, 7) is 0. The van der Waals surface area contributed by atoms with E-state index in [4.69, 9.17) is 9.15 Å². The lowest BCUT2D eigenvalue weighted by Gasteiger charge is -2.19. The lowest BCUT2D eigenvalue weighted by Crippen LogP contribution is -2.15. The Morgan fingerprint density at radius 3 is 1.82 bits per heavy atom. The fraction of sp³-hybridized carbons (Fsp3) is 0.0417. The van der Waals surface area contributed by atoms with E-state index in [9.17, 15) is 0 Å². The number of fused-ring (bicyclic) bond motifs is 9. The molecule has 2 nitrogen and oxygen atoms in total. The Labute approximate surface area is 289 Å². The standard InChI is InChI=1S/C48H30O2/c1-2-17-32-29(13-1)14-12-24-35(32)46-38-22-5-3-20-36(38)44(37-21-4-6-23-39(37)46)30-15-11-16-31(27-30)45-47-40(33-18-7-9-25-42(33)49-47)28-41-34-19-8-10-26-43(34)50-48(41)45/h1-28,33,42H. The third-order valence-corrected chi connectivity index (χ3v) is 10.8. The highest BCUT2D eigenvalue weighted by molar-refractivity contribution is 6.23. The van der Waals surface area contributed by atoms with E-state index in [1.807, 2.05) is 6.07 Å². The van der Waals surface area contributed by atoms with Gasteiger partial charge in [-0.2, -0.15) is 0 Å². The van der Waals surface area contributed by atoms with Crippen molar-refractivity contribution in [3.05, 3.63) is 175 Å². The van der Waals surface area contributed by atoms with Crippen molar-refractivity contribution < 1.29 is 9.15 Å². The molecule has 50 heavy (non-hydrogen) atoms. The van der Waals surface area contributed by atoms with Gasteiger partial charge in [0, 0.05) is 22.3 Å². The van der Waals surface area contributed by atoms with Crippen LogP contribution in [-0.4, -0.2) is 6.10 Å². The van der Waals surface area contributed by atoms with Gasteiger partial charge in [-0.05, 0) is 84.4 Å². The first-order valence-corrected chi connectivity index (χ1v) is 17.3. The smallest absolute Gasteiger partial charge is 0.146 e. The lowest BCUT2D eigenvalue weighted by atomic mass is 9.84. The molecule has 0 N–H and O–H groups in total. The molecule has 2 unspecified atom stereocenters. The molecule has 234 valence electrons. The number of ether oxygens (including phenoxy) is 1. The molecule has 0 saturated carbocycles. The normalized spacial score (nSPS) is 16.4. The van der Waals surface area contributed by atoms with E-state index in [1.54, 1.807) is 0 Å². The summed E-state index contributed by atoms with van der Waals surface area (Å²) in [5.41, 5.74) is 10.0. The summed E-state index contributed by atoms with van der Waals surface area (Å²) in [6.07, 6.45) is 8.63. The number of furan rings is 1. The number of para-hydroxylation sites is 1. The van der Waals surface area contributed by atoms with Crippen LogP contribution in [-0.2, 0) is 0 Å². The van der Waals surface area contributed by atoms with Crippen molar-refractivity contribution in [1.29, 1.82) is 0 Å². The third kappa shape index (κ3) is 3.90. The SMILES string of the molecule is C1=CC2Oc3c(cc4c(oc5ccccc54)c3-c3cccc(-c4c5ccccc5c(-c5cccc6ccccc56)c5ccccc45)c3)C2C=C1. The molecule has 11 rings (SSSR count). The monoisotopic (exact) mass is 638 g/mol. The highest BCUT2D eigenvalue weighted by Gasteiger charge is 2.36. The summed E-state index contributed by atoms with van der Waals surface area (Å²) in [5, 5.41) is 9.72. The van der Waals surface area contributed by atoms with Crippen molar-refractivity contribution in [3.63, 3.8) is 0 Å². The van der Waals surface area contributed by atoms with Gasteiger partial charge < -0.3 is 9.15 Å². The molecule has 0 amide bonds. The summed E-state index contributed by atoms with van der Waals surface area (Å²) >= 11 is 0. The van der Waals surface area contributed by atoms with Crippen LogP contribution in [0.5, 0.6) is 5.75 Å². The highest BCUT2D eigenvalue weighted by atomic mass is 16.5. The van der Waals surface area contributed by atoms with E-state index in [0.717, 1.165) is 44.4 Å². The van der Waals surface area contributed by atoms with Crippen LogP contribution in [0.2, 0.25) is 0 Å². The summed E-state index contributed by atoms with van der Waals surface area (Å²) in [4.78, 5) is 0. The maximum Gasteiger partial charge on any atom is 0.146 e. The molecule has 2 heteroatoms. The van der Waals surface area contributed by atoms with Gasteiger partial charge >= 0.3 is 0 Å². The molecule has 0 spiro atoms. The Hall–Kier alpha value is -6.38. The van der Waals surface area contributed by atoms with E-state index in [-0.39, 0.29) is 12.0 Å². The van der Waals surface area contributed by atoms with Gasteiger partial charge in [0.1, 0.15) is 23.0 Å². The second-order valence-electron chi connectivity index (χ2n) is 13.5. The van der Waals surface area contributed by atoms with Gasteiger partial charge in [-0.25, -0.2) is 0 Å². The molecule has 0 fully saturated rings. The average Bonchev–Trinajstić information content (AvgIpc) is 3.74. The molecule has 2 heterocycles. The molecule has 9 aromatic rings. The average molecular weight is 639 g/mol. The van der Waals surface area contributed by atoms with Gasteiger partial charge in [0.15, 0.2) is 0 Å². The largest absolute Gasteiger partial charge is 0.484 e. The quantitative estimate of drug-likeness (QED) is 0.180. The molecular formula is C48H30O2. The van der Waals surface area contributed by atoms with Crippen molar-refractivity contribution in [2.45, 2.75) is 12.0 Å². The van der Waals surface area contributed by atoms with Crippen LogP contribution in [0.3, 0.4) is 0 Å². The van der Waals surface area contributed by atoms with Gasteiger partial charge in [-0.1, -0.05) is 146 Å². The van der Waals surface area contributed by atoms with Crippen molar-refractivity contribution in [2.75, 3.05) is 0 Å². The van der Waals surface area contributed by atoms with Crippen molar-refractivity contribution in [2.24, 2.45) is 0 Å². The number of hydrogen-bond acceptors (Lipinski definition) is 2. The molecule has 0 bridgehead atoms. The Kier molecular flexibility index (Phi) is 5.82. The number of hydrogen-bond donors (Lipinski definition) is 0. The van der Waals surface area contributed by atoms with Crippen LogP contribution < -0.4 is 4.74 Å². The van der Waals surface area contributed by atoms with Crippen molar-refractivity contribution in [1.82, 2.24) is 0 Å². The fourth-order valence-electron chi connectivity index (χ4n) is 8.62. The Bertz CT molecular complexity index is 2860. The highest BCUT2D eigenvalue weighted by Crippen LogP contribution is 2.53. The minimum absolute atomic E-state index is 0.0239. The van der Waals surface area contributed by atoms with Gasteiger partial charge in [0.2, 0.25) is 0 Å². The number of rotatable bonds is 3. The minimum atomic E-state index is -0.0239. The maximum absolute atomic E-state index is 6.79. The van der Waals surface area contributed by atoms with E-state index < -0.39 is 0 Å². The number of benzene rings is 8. The molecule has 1 aromatic heterocycles. The van der Waals surface area contributed by atoms with Gasteiger partial charge in [-0.3, -0.25) is 0 Å². The Morgan fingerprint density at radius 1 is 0.440 bits per heavy atom. The van der Waals surface area contributed by atoms with Crippen molar-refractivity contribution >= 4 is 54.3 Å². The zero-order valence-electron chi connectivity index (χ0n) is 27.1. The molecule has 0 saturated heterocycles. The molecule has 8 aromatic carbocycles. The van der Waals surface area contributed by atoms with Gasteiger partial charge in [0.25, 0.3) is 0 Å². The van der Waals surface area contributed by atoms with Crippen LogP contribution in [0.15, 0.2) is 174 Å². The maximum atomic E-state index is 6.79. The Morgan fingerprint density at radius 2 is 1.04 bits per heavy atom. The van der Waals surface area contributed by atoms with E-state index in [0.29, 0.717) is 0 Å². The first-order valence-electron chi connectivity index (χ1n) is 17.3. The van der Waals surface area contributed by atoms with Crippen LogP contribution in [0.4, 0.5) is 0 Å². The van der Waals surface area contributed by atoms with E-state index in [1.165, 1.54) is 54.6 Å². The lowest BCUT2D eigenvalue weighted by molar-refractivity contribution is 0.270. The number of allylic oxidation sites excluding steroid dienone is 2. The second kappa shape index (κ2) is 10.6. The zero-order chi connectivity index (χ0) is 32.8. The predicted molar refractivity (Wildman–Crippen MR) is 208 cm³/mol. The van der Waals surface area contributed by atoms with Gasteiger partial charge in [0.05, 0.1) is 5.56 Å². The Balaban J connectivity index is 1.20. The molecule has 2 aliphatic rings. The molecule has 0 radical (unpaired) electrons. The van der Waals surface area contributed by atoms with Crippen LogP contribution in [0, 0.1) is 0 Å². The molecule has 2 atom stereocenters. The summed E-state index contributed by atoms with van der Waals surface area (Å²) in [7, 11) is 0. The summed E-state index contributed by atoms with van der Waals surface area (Å²) in [5.74, 6) is 1.09. The summed E-state index contributed by atoms with van der Waals surface area (Å²) < 4.78 is 13.5. The van der Waals surface area contributed by atoms with Crippen LogP contribution in [0.1, 0.15) is 11.5 Å². The second-order valence-corrected chi connectivity index (χ2v) is 13.5. The third-order valence-electron chi connectivity index (χ3n) is 10.8. The molecular weight excluding hydrogens is 609 g/mol. The van der Waals surface area contributed by atoms with Gasteiger partial charge in [-0.15, -0.1) is 0 Å². The molecule has 1 aliphatic heterocycles. The van der Waals surface area contributed by atoms with Crippen molar-refractivity contribution in [3.8, 4) is 39.1 Å². The fourth-order valence-corrected chi connectivity index (χ4v) is 8.62. The van der Waals surface area contributed by atoms with E-state index >= 15 is 0 Å². The predicted octanol–water partition coefficient (Wildman–Crippen LogP) is 13.0. The van der Waals surface area contributed by atoms with Crippen LogP contribution >= 0.6 is 0 Å². The minimum Gasteiger partial charge on any atom is -0.484 e. The van der Waals surface area contributed by atoms with E-state index in [2.05, 4.69) is 164 Å². The topological polar surface area (TPSA) is 22.4 Å². The zero-order valence-corrected chi connectivity index (χ0v) is 27.1. The van der Waals surface area contributed by atoms with Crippen LogP contribution in [0.25, 0.3) is 87.6 Å². The first-order chi connectivity index (χ1) is 24.8.